The van der Waals surface area contributed by atoms with Crippen LogP contribution in [-0.2, 0) is 22.6 Å². The number of phenols is 1. The molecule has 10 heteroatoms. The van der Waals surface area contributed by atoms with Gasteiger partial charge in [0.05, 0.1) is 17.5 Å². The van der Waals surface area contributed by atoms with Gasteiger partial charge in [-0.2, -0.15) is 0 Å². The van der Waals surface area contributed by atoms with Gasteiger partial charge in [-0.15, -0.1) is 0 Å². The molecular weight excluding hydrogens is 500 g/mol. The van der Waals surface area contributed by atoms with Crippen LogP contribution in [0.5, 0.6) is 5.75 Å². The summed E-state index contributed by atoms with van der Waals surface area (Å²) in [6.07, 6.45) is 0.685. The zero-order valence-electron chi connectivity index (χ0n) is 23.8. The van der Waals surface area contributed by atoms with Crippen molar-refractivity contribution in [1.29, 1.82) is 0 Å². The van der Waals surface area contributed by atoms with E-state index in [9.17, 15) is 29.7 Å². The molecule has 4 rings (SSSR count). The van der Waals surface area contributed by atoms with E-state index in [1.165, 1.54) is 0 Å². The molecule has 4 atom stereocenters. The van der Waals surface area contributed by atoms with Gasteiger partial charge in [-0.1, -0.05) is 20.8 Å². The van der Waals surface area contributed by atoms with E-state index in [1.807, 2.05) is 25.1 Å². The Kier molecular flexibility index (Phi) is 7.33. The van der Waals surface area contributed by atoms with E-state index in [4.69, 9.17) is 5.73 Å². The van der Waals surface area contributed by atoms with E-state index in [-0.39, 0.29) is 22.3 Å². The first-order valence-corrected chi connectivity index (χ1v) is 13.2. The van der Waals surface area contributed by atoms with Crippen molar-refractivity contribution in [2.45, 2.75) is 46.2 Å². The standard InChI is InChI=1S/C29H40N4O6/c1-29(2,3)12-31-11-14-10-17(32(4)5)15-8-13-9-16-20(25(36)18(13)24(35)19(15)23(14)34)26(37)21(28(30)39)27(38)22(16)33(6)7/h10,13,16,20,22,31,34,36,38H,8-9,11-12H2,1-7H3,(H2,30,39)/t13-,16+,20?,22-/m0/s1. The molecule has 1 aromatic rings. The van der Waals surface area contributed by atoms with Crippen LogP contribution in [-0.4, -0.2) is 78.5 Å². The van der Waals surface area contributed by atoms with Gasteiger partial charge in [0.15, 0.2) is 11.6 Å². The Bertz CT molecular complexity index is 1300. The maximum atomic E-state index is 14.0. The number of aliphatic hydroxyl groups is 2. The molecule has 1 amide bonds. The molecule has 10 nitrogen and oxygen atoms in total. The smallest absolute Gasteiger partial charge is 0.255 e. The number of primary amides is 1. The number of aliphatic hydroxyl groups excluding tert-OH is 2. The third-order valence-electron chi connectivity index (χ3n) is 8.07. The van der Waals surface area contributed by atoms with E-state index in [0.29, 0.717) is 37.1 Å². The van der Waals surface area contributed by atoms with Crippen LogP contribution in [0.3, 0.4) is 0 Å². The second-order valence-corrected chi connectivity index (χ2v) is 12.6. The number of hydrogen-bond donors (Lipinski definition) is 5. The fourth-order valence-corrected chi connectivity index (χ4v) is 6.48. The molecule has 1 aromatic carbocycles. The van der Waals surface area contributed by atoms with Gasteiger partial charge in [0, 0.05) is 44.0 Å². The van der Waals surface area contributed by atoms with Gasteiger partial charge >= 0.3 is 0 Å². The number of ketones is 2. The summed E-state index contributed by atoms with van der Waals surface area (Å²) in [6, 6.07) is 1.14. The lowest BCUT2D eigenvalue weighted by atomic mass is 9.60. The quantitative estimate of drug-likeness (QED) is 0.341. The Hall–Kier alpha value is -3.37. The van der Waals surface area contributed by atoms with Crippen molar-refractivity contribution in [3.8, 4) is 5.75 Å². The minimum atomic E-state index is -1.19. The van der Waals surface area contributed by atoms with Gasteiger partial charge in [-0.05, 0) is 55.8 Å². The normalized spacial score (nSPS) is 25.0. The number of anilines is 1. The third-order valence-corrected chi connectivity index (χ3v) is 8.07. The minimum absolute atomic E-state index is 0.0239. The van der Waals surface area contributed by atoms with E-state index in [0.717, 1.165) is 5.69 Å². The molecule has 0 saturated heterocycles. The number of hydrogen-bond acceptors (Lipinski definition) is 9. The highest BCUT2D eigenvalue weighted by Crippen LogP contribution is 2.51. The zero-order valence-corrected chi connectivity index (χ0v) is 23.8. The van der Waals surface area contributed by atoms with Gasteiger partial charge < -0.3 is 31.3 Å². The summed E-state index contributed by atoms with van der Waals surface area (Å²) in [4.78, 5) is 43.1. The number of benzene rings is 1. The largest absolute Gasteiger partial charge is 0.511 e. The molecule has 1 unspecified atom stereocenters. The SMILES string of the molecule is CN(C)c1cc(CNCC(C)(C)C)c(O)c2c1C[C@H]1C[C@@H]3C(C(=O)C(C(N)=O)=C(O)[C@H]3N(C)C)C(O)=C1C2=O. The highest BCUT2D eigenvalue weighted by molar-refractivity contribution is 6.22. The van der Waals surface area contributed by atoms with Crippen LogP contribution < -0.4 is 16.0 Å². The van der Waals surface area contributed by atoms with Crippen LogP contribution in [0.15, 0.2) is 28.7 Å². The Labute approximate surface area is 229 Å². The Balaban J connectivity index is 1.85. The third kappa shape index (κ3) is 4.80. The summed E-state index contributed by atoms with van der Waals surface area (Å²) >= 11 is 0. The van der Waals surface area contributed by atoms with E-state index >= 15 is 0 Å². The van der Waals surface area contributed by atoms with Gasteiger partial charge in [0.25, 0.3) is 5.91 Å². The van der Waals surface area contributed by atoms with Crippen LogP contribution in [0.4, 0.5) is 5.69 Å². The topological polar surface area (TPSA) is 156 Å². The summed E-state index contributed by atoms with van der Waals surface area (Å²) in [5.74, 6) is -5.55. The van der Waals surface area contributed by atoms with Crippen LogP contribution in [0.2, 0.25) is 0 Å². The molecule has 0 fully saturated rings. The number of allylic oxidation sites excluding steroid dienone is 2. The maximum Gasteiger partial charge on any atom is 0.255 e. The minimum Gasteiger partial charge on any atom is -0.511 e. The average Bonchev–Trinajstić information content (AvgIpc) is 2.78. The van der Waals surface area contributed by atoms with E-state index < -0.39 is 58.4 Å². The van der Waals surface area contributed by atoms with Crippen molar-refractivity contribution in [2.24, 2.45) is 28.9 Å². The number of amides is 1. The van der Waals surface area contributed by atoms with Crippen molar-refractivity contribution in [3.05, 3.63) is 45.4 Å². The number of nitrogens with two attached hydrogens (primary N) is 1. The summed E-state index contributed by atoms with van der Waals surface area (Å²) in [7, 11) is 7.17. The predicted molar refractivity (Wildman–Crippen MR) is 148 cm³/mol. The molecule has 39 heavy (non-hydrogen) atoms. The molecule has 0 saturated carbocycles. The van der Waals surface area contributed by atoms with Crippen molar-refractivity contribution >= 4 is 23.2 Å². The van der Waals surface area contributed by atoms with Gasteiger partial charge in [-0.3, -0.25) is 19.3 Å². The fraction of sp³-hybridized carbons (Fsp3) is 0.552. The second kappa shape index (κ2) is 9.98. The second-order valence-electron chi connectivity index (χ2n) is 12.6. The summed E-state index contributed by atoms with van der Waals surface area (Å²) in [5.41, 5.74) is 7.18. The van der Waals surface area contributed by atoms with Gasteiger partial charge in [0.2, 0.25) is 0 Å². The fourth-order valence-electron chi connectivity index (χ4n) is 6.48. The first-order chi connectivity index (χ1) is 18.1. The van der Waals surface area contributed by atoms with Crippen LogP contribution in [0, 0.1) is 23.2 Å². The number of nitrogens with one attached hydrogen (secondary N) is 1. The van der Waals surface area contributed by atoms with Gasteiger partial charge in [-0.25, -0.2) is 0 Å². The van der Waals surface area contributed by atoms with Crippen molar-refractivity contribution < 1.29 is 29.7 Å². The lowest BCUT2D eigenvalue weighted by Crippen LogP contribution is -2.53. The van der Waals surface area contributed by atoms with Crippen molar-refractivity contribution in [3.63, 3.8) is 0 Å². The molecule has 0 heterocycles. The number of aromatic hydroxyl groups is 1. The molecule has 0 aromatic heterocycles. The lowest BCUT2D eigenvalue weighted by molar-refractivity contribution is -0.127. The highest BCUT2D eigenvalue weighted by Gasteiger charge is 2.54. The van der Waals surface area contributed by atoms with Gasteiger partial charge in [0.1, 0.15) is 22.8 Å². The molecule has 0 bridgehead atoms. The van der Waals surface area contributed by atoms with E-state index in [1.54, 1.807) is 19.0 Å². The number of carbonyl (C=O) groups excluding carboxylic acids is 3. The summed E-state index contributed by atoms with van der Waals surface area (Å²) in [5, 5.41) is 37.0. The number of nitrogens with zero attached hydrogens (tertiary/aromatic N) is 2. The van der Waals surface area contributed by atoms with Crippen LogP contribution in [0.1, 0.15) is 48.7 Å². The molecule has 212 valence electrons. The lowest BCUT2D eigenvalue weighted by Gasteiger charge is -2.46. The van der Waals surface area contributed by atoms with Crippen molar-refractivity contribution in [2.75, 3.05) is 39.6 Å². The highest BCUT2D eigenvalue weighted by atomic mass is 16.3. The maximum absolute atomic E-state index is 14.0. The Morgan fingerprint density at radius 1 is 1.10 bits per heavy atom. The number of fused-ring (bicyclic) bond motifs is 3. The Morgan fingerprint density at radius 3 is 2.28 bits per heavy atom. The predicted octanol–water partition coefficient (Wildman–Crippen LogP) is 2.21. The first kappa shape index (κ1) is 28.6. The summed E-state index contributed by atoms with van der Waals surface area (Å²) < 4.78 is 0. The number of Topliss-reactive ketones (excluding diaryl/α,β-unsaturated/α-hetero) is 2. The zero-order chi connectivity index (χ0) is 29.1. The first-order valence-electron chi connectivity index (χ1n) is 13.2. The molecule has 3 aliphatic carbocycles. The molecule has 0 spiro atoms. The number of likely N-dealkylation sites (N-methyl/N-ethyl adjacent to an activating group) is 1. The molecular formula is C29H40N4O6. The monoisotopic (exact) mass is 540 g/mol. The Morgan fingerprint density at radius 2 is 1.74 bits per heavy atom. The molecule has 0 radical (unpaired) electrons. The molecule has 0 aliphatic heterocycles. The van der Waals surface area contributed by atoms with Crippen LogP contribution in [0.25, 0.3) is 0 Å². The van der Waals surface area contributed by atoms with E-state index in [2.05, 4.69) is 26.1 Å². The van der Waals surface area contributed by atoms with Crippen LogP contribution >= 0.6 is 0 Å². The molecule has 6 N–H and O–H groups in total. The number of carbonyl (C=O) groups is 3. The van der Waals surface area contributed by atoms with Crippen molar-refractivity contribution in [1.82, 2.24) is 10.2 Å². The number of rotatable bonds is 6. The average molecular weight is 541 g/mol. The summed E-state index contributed by atoms with van der Waals surface area (Å²) in [6.45, 7) is 7.33. The molecule has 3 aliphatic rings. The number of phenolic OH excluding ortho intramolecular Hbond substituents is 1.